The van der Waals surface area contributed by atoms with E-state index in [1.54, 1.807) is 0 Å². The summed E-state index contributed by atoms with van der Waals surface area (Å²) in [5, 5.41) is 18.1. The predicted molar refractivity (Wildman–Crippen MR) is 64.9 cm³/mol. The van der Waals surface area contributed by atoms with E-state index in [-0.39, 0.29) is 12.0 Å². The third-order valence-electron chi connectivity index (χ3n) is 3.55. The second-order valence-corrected chi connectivity index (χ2v) is 5.44. The standard InChI is InChI=1S/C13H24N2O/c1-13(2,11-14)7-8-15(9-10-16)12-5-3-4-6-12/h12,16H,3-10H2,1-2H3. The van der Waals surface area contributed by atoms with Crippen LogP contribution in [0.25, 0.3) is 0 Å². The zero-order valence-electron chi connectivity index (χ0n) is 10.6. The molecule has 16 heavy (non-hydrogen) atoms. The van der Waals surface area contributed by atoms with Crippen LogP contribution in [-0.2, 0) is 0 Å². The Hall–Kier alpha value is -0.590. The van der Waals surface area contributed by atoms with Crippen molar-refractivity contribution in [1.29, 1.82) is 5.26 Å². The van der Waals surface area contributed by atoms with Gasteiger partial charge in [-0.25, -0.2) is 0 Å². The molecule has 0 aliphatic heterocycles. The molecule has 1 saturated carbocycles. The Morgan fingerprint density at radius 2 is 1.94 bits per heavy atom. The maximum atomic E-state index is 9.08. The molecule has 0 amide bonds. The molecular formula is C13H24N2O. The molecule has 1 aliphatic carbocycles. The Morgan fingerprint density at radius 3 is 2.44 bits per heavy atom. The van der Waals surface area contributed by atoms with Gasteiger partial charge in [0.15, 0.2) is 0 Å². The number of nitrogens with zero attached hydrogens (tertiary/aromatic N) is 2. The van der Waals surface area contributed by atoms with Crippen molar-refractivity contribution in [3.8, 4) is 6.07 Å². The van der Waals surface area contributed by atoms with E-state index in [1.807, 2.05) is 13.8 Å². The van der Waals surface area contributed by atoms with E-state index in [1.165, 1.54) is 25.7 Å². The van der Waals surface area contributed by atoms with Crippen LogP contribution in [0.3, 0.4) is 0 Å². The van der Waals surface area contributed by atoms with Crippen molar-refractivity contribution in [3.05, 3.63) is 0 Å². The lowest BCUT2D eigenvalue weighted by Gasteiger charge is -2.30. The molecular weight excluding hydrogens is 200 g/mol. The number of hydrogen-bond acceptors (Lipinski definition) is 3. The first kappa shape index (κ1) is 13.5. The SMILES string of the molecule is CC(C)(C#N)CCN(CCO)C1CCCC1. The third-order valence-corrected chi connectivity index (χ3v) is 3.55. The molecule has 0 aromatic rings. The van der Waals surface area contributed by atoms with Gasteiger partial charge >= 0.3 is 0 Å². The molecule has 0 spiro atoms. The second kappa shape index (κ2) is 6.22. The minimum atomic E-state index is -0.244. The summed E-state index contributed by atoms with van der Waals surface area (Å²) in [6.45, 7) is 5.89. The lowest BCUT2D eigenvalue weighted by molar-refractivity contribution is 0.140. The molecule has 0 heterocycles. The maximum absolute atomic E-state index is 9.08. The Labute approximate surface area is 99.1 Å². The normalized spacial score (nSPS) is 17.9. The van der Waals surface area contributed by atoms with E-state index in [4.69, 9.17) is 10.4 Å². The van der Waals surface area contributed by atoms with E-state index in [9.17, 15) is 0 Å². The lowest BCUT2D eigenvalue weighted by atomic mass is 9.91. The molecule has 1 aliphatic rings. The van der Waals surface area contributed by atoms with Crippen LogP contribution in [0.2, 0.25) is 0 Å². The van der Waals surface area contributed by atoms with Gasteiger partial charge in [0.2, 0.25) is 0 Å². The van der Waals surface area contributed by atoms with Gasteiger partial charge in [0.05, 0.1) is 18.1 Å². The fourth-order valence-corrected chi connectivity index (χ4v) is 2.35. The minimum Gasteiger partial charge on any atom is -0.395 e. The number of rotatable bonds is 6. The van der Waals surface area contributed by atoms with Gasteiger partial charge in [0.25, 0.3) is 0 Å². The van der Waals surface area contributed by atoms with Crippen molar-refractivity contribution in [3.63, 3.8) is 0 Å². The molecule has 0 saturated heterocycles. The lowest BCUT2D eigenvalue weighted by Crippen LogP contribution is -2.37. The van der Waals surface area contributed by atoms with Gasteiger partial charge in [-0.05, 0) is 33.1 Å². The molecule has 1 rings (SSSR count). The highest BCUT2D eigenvalue weighted by molar-refractivity contribution is 4.92. The van der Waals surface area contributed by atoms with Crippen molar-refractivity contribution < 1.29 is 5.11 Å². The number of aliphatic hydroxyl groups excluding tert-OH is 1. The molecule has 0 atom stereocenters. The Balaban J connectivity index is 2.42. The van der Waals surface area contributed by atoms with Crippen molar-refractivity contribution in [1.82, 2.24) is 4.90 Å². The first-order valence-electron chi connectivity index (χ1n) is 6.35. The molecule has 0 unspecified atom stereocenters. The van der Waals surface area contributed by atoms with Crippen LogP contribution in [0.1, 0.15) is 46.0 Å². The Morgan fingerprint density at radius 1 is 1.31 bits per heavy atom. The topological polar surface area (TPSA) is 47.3 Å². The van der Waals surface area contributed by atoms with Gasteiger partial charge in [-0.1, -0.05) is 12.8 Å². The van der Waals surface area contributed by atoms with Crippen molar-refractivity contribution in [2.75, 3.05) is 19.7 Å². The summed E-state index contributed by atoms with van der Waals surface area (Å²) in [5.41, 5.74) is -0.244. The van der Waals surface area contributed by atoms with Crippen molar-refractivity contribution >= 4 is 0 Å². The van der Waals surface area contributed by atoms with Crippen molar-refractivity contribution in [2.45, 2.75) is 52.0 Å². The monoisotopic (exact) mass is 224 g/mol. The first-order valence-corrected chi connectivity index (χ1v) is 6.35. The highest BCUT2D eigenvalue weighted by Crippen LogP contribution is 2.26. The minimum absolute atomic E-state index is 0.226. The molecule has 0 aromatic heterocycles. The number of hydrogen-bond donors (Lipinski definition) is 1. The van der Waals surface area contributed by atoms with Crippen LogP contribution in [0.4, 0.5) is 0 Å². The summed E-state index contributed by atoms with van der Waals surface area (Å²) in [4.78, 5) is 2.37. The first-order chi connectivity index (χ1) is 7.59. The van der Waals surface area contributed by atoms with Crippen LogP contribution in [-0.4, -0.2) is 35.7 Å². The highest BCUT2D eigenvalue weighted by Gasteiger charge is 2.24. The molecule has 92 valence electrons. The predicted octanol–water partition coefficient (Wildman–Crippen LogP) is 2.16. The summed E-state index contributed by atoms with van der Waals surface area (Å²) < 4.78 is 0. The van der Waals surface area contributed by atoms with Gasteiger partial charge in [-0.3, -0.25) is 4.90 Å². The van der Waals surface area contributed by atoms with Gasteiger partial charge < -0.3 is 5.11 Å². The fourth-order valence-electron chi connectivity index (χ4n) is 2.35. The van der Waals surface area contributed by atoms with E-state index >= 15 is 0 Å². The summed E-state index contributed by atoms with van der Waals surface area (Å²) in [7, 11) is 0. The fraction of sp³-hybridized carbons (Fsp3) is 0.923. The molecule has 0 aromatic carbocycles. The van der Waals surface area contributed by atoms with Crippen LogP contribution in [0, 0.1) is 16.7 Å². The Kier molecular flexibility index (Phi) is 5.24. The second-order valence-electron chi connectivity index (χ2n) is 5.44. The average Bonchev–Trinajstić information content (AvgIpc) is 2.77. The van der Waals surface area contributed by atoms with Gasteiger partial charge in [0.1, 0.15) is 0 Å². The molecule has 0 radical (unpaired) electrons. The zero-order valence-corrected chi connectivity index (χ0v) is 10.6. The van der Waals surface area contributed by atoms with Crippen LogP contribution in [0.15, 0.2) is 0 Å². The maximum Gasteiger partial charge on any atom is 0.0684 e. The quantitative estimate of drug-likeness (QED) is 0.752. The van der Waals surface area contributed by atoms with E-state index < -0.39 is 0 Å². The molecule has 0 bridgehead atoms. The van der Waals surface area contributed by atoms with Crippen molar-refractivity contribution in [2.24, 2.45) is 5.41 Å². The summed E-state index contributed by atoms with van der Waals surface area (Å²) in [6.07, 6.45) is 6.03. The number of nitriles is 1. The molecule has 1 N–H and O–H groups in total. The van der Waals surface area contributed by atoms with Gasteiger partial charge in [-0.15, -0.1) is 0 Å². The summed E-state index contributed by atoms with van der Waals surface area (Å²) in [6, 6.07) is 2.98. The van der Waals surface area contributed by atoms with Crippen LogP contribution in [0.5, 0.6) is 0 Å². The molecule has 1 fully saturated rings. The van der Waals surface area contributed by atoms with Gasteiger partial charge in [-0.2, -0.15) is 5.26 Å². The summed E-state index contributed by atoms with van der Waals surface area (Å²) in [5.74, 6) is 0. The smallest absolute Gasteiger partial charge is 0.0684 e. The highest BCUT2D eigenvalue weighted by atomic mass is 16.3. The Bertz CT molecular complexity index is 239. The van der Waals surface area contributed by atoms with Gasteiger partial charge in [0, 0.05) is 19.1 Å². The van der Waals surface area contributed by atoms with E-state index in [2.05, 4.69) is 11.0 Å². The largest absolute Gasteiger partial charge is 0.395 e. The van der Waals surface area contributed by atoms with E-state index in [0.717, 1.165) is 19.5 Å². The zero-order chi connectivity index (χ0) is 12.0. The number of aliphatic hydroxyl groups is 1. The summed E-state index contributed by atoms with van der Waals surface area (Å²) >= 11 is 0. The molecule has 3 heteroatoms. The molecule has 3 nitrogen and oxygen atoms in total. The van der Waals surface area contributed by atoms with E-state index in [0.29, 0.717) is 6.04 Å². The average molecular weight is 224 g/mol. The van der Waals surface area contributed by atoms with Crippen LogP contribution >= 0.6 is 0 Å². The third kappa shape index (κ3) is 4.11. The van der Waals surface area contributed by atoms with Crippen LogP contribution < -0.4 is 0 Å².